The molecule has 27 heavy (non-hydrogen) atoms. The van der Waals surface area contributed by atoms with E-state index < -0.39 is 15.9 Å². The molecule has 3 rings (SSSR count). The van der Waals surface area contributed by atoms with Crippen molar-refractivity contribution in [2.75, 3.05) is 10.0 Å². The summed E-state index contributed by atoms with van der Waals surface area (Å²) in [6.45, 7) is 2.41. The van der Waals surface area contributed by atoms with Gasteiger partial charge in [0.25, 0.3) is 15.9 Å². The molecule has 3 aromatic rings. The molecule has 7 nitrogen and oxygen atoms in total. The quantitative estimate of drug-likeness (QED) is 0.656. The average molecular weight is 405 g/mol. The van der Waals surface area contributed by atoms with E-state index in [1.807, 2.05) is 6.92 Å². The van der Waals surface area contributed by atoms with Crippen LogP contribution in [0.4, 0.5) is 11.4 Å². The van der Waals surface area contributed by atoms with E-state index >= 15 is 0 Å². The minimum Gasteiger partial charge on any atom is -0.322 e. The third kappa shape index (κ3) is 4.47. The number of anilines is 2. The Balaban J connectivity index is 1.85. The largest absolute Gasteiger partial charge is 0.322 e. The van der Waals surface area contributed by atoms with Crippen LogP contribution in [0.25, 0.3) is 0 Å². The van der Waals surface area contributed by atoms with Crippen LogP contribution >= 0.6 is 11.6 Å². The number of amides is 1. The molecule has 0 bridgehead atoms. The molecule has 0 radical (unpaired) electrons. The Morgan fingerprint density at radius 1 is 1.15 bits per heavy atom. The second-order valence-electron chi connectivity index (χ2n) is 5.64. The van der Waals surface area contributed by atoms with E-state index in [0.717, 1.165) is 0 Å². The van der Waals surface area contributed by atoms with Gasteiger partial charge in [-0.2, -0.15) is 5.10 Å². The molecular weight excluding hydrogens is 388 g/mol. The highest BCUT2D eigenvalue weighted by atomic mass is 35.5. The van der Waals surface area contributed by atoms with Crippen molar-refractivity contribution in [1.29, 1.82) is 0 Å². The number of carbonyl (C=O) groups is 1. The van der Waals surface area contributed by atoms with Crippen LogP contribution < -0.4 is 10.0 Å². The van der Waals surface area contributed by atoms with Gasteiger partial charge in [-0.25, -0.2) is 8.42 Å². The fourth-order valence-corrected chi connectivity index (χ4v) is 3.52. The number of aromatic nitrogens is 2. The second-order valence-corrected chi connectivity index (χ2v) is 7.76. The number of aryl methyl sites for hydroxylation is 1. The van der Waals surface area contributed by atoms with Gasteiger partial charge in [-0.1, -0.05) is 23.7 Å². The summed E-state index contributed by atoms with van der Waals surface area (Å²) >= 11 is 5.84. The highest BCUT2D eigenvalue weighted by molar-refractivity contribution is 7.92. The first kappa shape index (κ1) is 18.9. The van der Waals surface area contributed by atoms with Gasteiger partial charge in [0.05, 0.1) is 17.4 Å². The number of hydrogen-bond donors (Lipinski definition) is 2. The van der Waals surface area contributed by atoms with Gasteiger partial charge in [0.1, 0.15) is 4.90 Å². The predicted octanol–water partition coefficient (Wildman–Crippen LogP) is 3.61. The van der Waals surface area contributed by atoms with Crippen LogP contribution in [0, 0.1) is 0 Å². The summed E-state index contributed by atoms with van der Waals surface area (Å²) in [4.78, 5) is 12.6. The molecule has 0 atom stereocenters. The monoisotopic (exact) mass is 404 g/mol. The molecule has 9 heteroatoms. The van der Waals surface area contributed by atoms with Gasteiger partial charge in [0.2, 0.25) is 0 Å². The van der Waals surface area contributed by atoms with Gasteiger partial charge in [0, 0.05) is 23.5 Å². The lowest BCUT2D eigenvalue weighted by Crippen LogP contribution is -2.18. The average Bonchev–Trinajstić information content (AvgIpc) is 3.14. The lowest BCUT2D eigenvalue weighted by Gasteiger charge is -2.12. The van der Waals surface area contributed by atoms with E-state index in [-0.39, 0.29) is 16.1 Å². The summed E-state index contributed by atoms with van der Waals surface area (Å²) in [5.41, 5.74) is 0.915. The third-order valence-corrected chi connectivity index (χ3v) is 5.33. The molecule has 0 unspecified atom stereocenters. The predicted molar refractivity (Wildman–Crippen MR) is 105 cm³/mol. The summed E-state index contributed by atoms with van der Waals surface area (Å²) < 4.78 is 29.1. The summed E-state index contributed by atoms with van der Waals surface area (Å²) in [5, 5.41) is 7.24. The number of nitrogens with one attached hydrogen (secondary N) is 2. The normalized spacial score (nSPS) is 11.2. The van der Waals surface area contributed by atoms with E-state index in [9.17, 15) is 13.2 Å². The highest BCUT2D eigenvalue weighted by Gasteiger charge is 2.20. The molecule has 2 aromatic carbocycles. The zero-order valence-corrected chi connectivity index (χ0v) is 16.0. The van der Waals surface area contributed by atoms with Gasteiger partial charge in [-0.3, -0.25) is 14.2 Å². The van der Waals surface area contributed by atoms with Crippen molar-refractivity contribution in [3.8, 4) is 0 Å². The molecule has 0 fully saturated rings. The van der Waals surface area contributed by atoms with Crippen molar-refractivity contribution in [3.63, 3.8) is 0 Å². The van der Waals surface area contributed by atoms with Crippen molar-refractivity contribution >= 4 is 38.9 Å². The molecule has 1 amide bonds. The molecule has 0 aliphatic rings. The van der Waals surface area contributed by atoms with Gasteiger partial charge < -0.3 is 5.32 Å². The second kappa shape index (κ2) is 7.81. The fourth-order valence-electron chi connectivity index (χ4n) is 2.36. The number of benzene rings is 2. The molecule has 0 spiro atoms. The van der Waals surface area contributed by atoms with Crippen molar-refractivity contribution in [1.82, 2.24) is 9.78 Å². The lowest BCUT2D eigenvalue weighted by atomic mass is 10.1. The van der Waals surface area contributed by atoms with E-state index in [1.165, 1.54) is 23.1 Å². The van der Waals surface area contributed by atoms with Crippen LogP contribution in [-0.4, -0.2) is 24.1 Å². The summed E-state index contributed by atoms with van der Waals surface area (Å²) in [6, 6.07) is 13.0. The van der Waals surface area contributed by atoms with Crippen molar-refractivity contribution < 1.29 is 13.2 Å². The summed E-state index contributed by atoms with van der Waals surface area (Å²) in [7, 11) is -3.87. The molecule has 1 aromatic heterocycles. The maximum absolute atomic E-state index is 12.6. The topological polar surface area (TPSA) is 93.1 Å². The minimum absolute atomic E-state index is 0.0252. The first-order valence-electron chi connectivity index (χ1n) is 8.10. The van der Waals surface area contributed by atoms with E-state index in [2.05, 4.69) is 15.1 Å². The van der Waals surface area contributed by atoms with Gasteiger partial charge in [-0.05, 0) is 43.3 Å². The SMILES string of the molecule is CCn1cc(S(=O)(=O)Nc2ccccc2C(=O)Nc2ccc(Cl)cc2)cn1. The zero-order chi connectivity index (χ0) is 19.4. The van der Waals surface area contributed by atoms with E-state index in [1.54, 1.807) is 42.5 Å². The smallest absolute Gasteiger partial charge is 0.265 e. The number of carbonyl (C=O) groups excluding carboxylic acids is 1. The third-order valence-electron chi connectivity index (χ3n) is 3.76. The molecule has 0 saturated carbocycles. The van der Waals surface area contributed by atoms with E-state index in [4.69, 9.17) is 11.6 Å². The summed E-state index contributed by atoms with van der Waals surface area (Å²) in [6.07, 6.45) is 2.70. The summed E-state index contributed by atoms with van der Waals surface area (Å²) in [5.74, 6) is -0.445. The van der Waals surface area contributed by atoms with Gasteiger partial charge >= 0.3 is 0 Å². The Labute approximate surface area is 162 Å². The van der Waals surface area contributed by atoms with Crippen LogP contribution in [0.3, 0.4) is 0 Å². The Hall–Kier alpha value is -2.84. The molecule has 140 valence electrons. The molecule has 1 heterocycles. The van der Waals surface area contributed by atoms with Crippen LogP contribution in [0.5, 0.6) is 0 Å². The van der Waals surface area contributed by atoms with Crippen LogP contribution in [-0.2, 0) is 16.6 Å². The standard InChI is InChI=1S/C18H17ClN4O3S/c1-2-23-12-15(11-20-23)27(25,26)22-17-6-4-3-5-16(17)18(24)21-14-9-7-13(19)8-10-14/h3-12,22H,2H2,1H3,(H,21,24). The molecule has 0 aliphatic carbocycles. The number of para-hydroxylation sites is 1. The Kier molecular flexibility index (Phi) is 5.48. The molecule has 0 aliphatic heterocycles. The number of sulfonamides is 1. The first-order valence-corrected chi connectivity index (χ1v) is 9.96. The van der Waals surface area contributed by atoms with Gasteiger partial charge in [-0.15, -0.1) is 0 Å². The maximum Gasteiger partial charge on any atom is 0.265 e. The Bertz CT molecular complexity index is 1060. The maximum atomic E-state index is 12.6. The van der Waals surface area contributed by atoms with Crippen LogP contribution in [0.2, 0.25) is 5.02 Å². The van der Waals surface area contributed by atoms with Crippen molar-refractivity contribution in [3.05, 3.63) is 71.5 Å². The van der Waals surface area contributed by atoms with Gasteiger partial charge in [0.15, 0.2) is 0 Å². The first-order chi connectivity index (χ1) is 12.9. The fraction of sp³-hybridized carbons (Fsp3) is 0.111. The minimum atomic E-state index is -3.87. The van der Waals surface area contributed by atoms with Crippen LogP contribution in [0.1, 0.15) is 17.3 Å². The number of nitrogens with zero attached hydrogens (tertiary/aromatic N) is 2. The van der Waals surface area contributed by atoms with Crippen molar-refractivity contribution in [2.24, 2.45) is 0 Å². The lowest BCUT2D eigenvalue weighted by molar-refractivity contribution is 0.102. The van der Waals surface area contributed by atoms with Crippen LogP contribution in [0.15, 0.2) is 65.8 Å². The Morgan fingerprint density at radius 2 is 1.85 bits per heavy atom. The highest BCUT2D eigenvalue weighted by Crippen LogP contribution is 2.22. The van der Waals surface area contributed by atoms with Crippen molar-refractivity contribution in [2.45, 2.75) is 18.4 Å². The number of hydrogen-bond acceptors (Lipinski definition) is 4. The molecular formula is C18H17ClN4O3S. The zero-order valence-electron chi connectivity index (χ0n) is 14.4. The Morgan fingerprint density at radius 3 is 2.52 bits per heavy atom. The number of halogens is 1. The molecule has 0 saturated heterocycles. The molecule has 2 N–H and O–H groups in total. The number of rotatable bonds is 6. The van der Waals surface area contributed by atoms with E-state index in [0.29, 0.717) is 17.3 Å².